The van der Waals surface area contributed by atoms with Gasteiger partial charge in [0.25, 0.3) is 0 Å². The molecule has 1 aromatic carbocycles. The number of halogens is 1. The molecule has 0 saturated heterocycles. The van der Waals surface area contributed by atoms with Crippen molar-refractivity contribution in [1.29, 1.82) is 0 Å². The van der Waals surface area contributed by atoms with Crippen molar-refractivity contribution in [3.05, 3.63) is 34.3 Å². The van der Waals surface area contributed by atoms with Gasteiger partial charge in [-0.1, -0.05) is 48.0 Å². The monoisotopic (exact) mass is 353 g/mol. The van der Waals surface area contributed by atoms with Crippen molar-refractivity contribution in [1.82, 2.24) is 5.32 Å². The third-order valence-corrected chi connectivity index (χ3v) is 6.00. The van der Waals surface area contributed by atoms with Crippen LogP contribution in [0.1, 0.15) is 45.1 Å². The zero-order chi connectivity index (χ0) is 15.5. The van der Waals surface area contributed by atoms with Crippen LogP contribution in [0.4, 0.5) is 0 Å². The summed E-state index contributed by atoms with van der Waals surface area (Å²) in [5.74, 6) is 0. The maximum Gasteiger partial charge on any atom is 0.0834 e. The lowest BCUT2D eigenvalue weighted by Crippen LogP contribution is -2.54. The van der Waals surface area contributed by atoms with E-state index in [0.29, 0.717) is 11.5 Å². The largest absolute Gasteiger partial charge is 0.377 e. The summed E-state index contributed by atoms with van der Waals surface area (Å²) in [5, 5.41) is 3.52. The molecule has 2 nitrogen and oxygen atoms in total. The van der Waals surface area contributed by atoms with Gasteiger partial charge in [0.05, 0.1) is 5.60 Å². The molecule has 1 aliphatic rings. The summed E-state index contributed by atoms with van der Waals surface area (Å²) in [6.07, 6.45) is 5.72. The first-order valence-corrected chi connectivity index (χ1v) is 8.68. The van der Waals surface area contributed by atoms with E-state index in [4.69, 9.17) is 4.74 Å². The van der Waals surface area contributed by atoms with E-state index in [-0.39, 0.29) is 5.60 Å². The number of methoxy groups -OCH3 is 1. The average Bonchev–Trinajstić information content (AvgIpc) is 2.47. The zero-order valence-corrected chi connectivity index (χ0v) is 15.3. The summed E-state index contributed by atoms with van der Waals surface area (Å²) in [6, 6.07) is 8.83. The van der Waals surface area contributed by atoms with Crippen LogP contribution in [0.25, 0.3) is 0 Å². The molecular weight excluding hydrogens is 326 g/mol. The highest BCUT2D eigenvalue weighted by Gasteiger charge is 2.43. The molecule has 21 heavy (non-hydrogen) atoms. The van der Waals surface area contributed by atoms with Crippen LogP contribution in [0.15, 0.2) is 28.7 Å². The Labute approximate surface area is 137 Å². The van der Waals surface area contributed by atoms with Crippen LogP contribution >= 0.6 is 15.9 Å². The molecule has 1 aliphatic carbocycles. The summed E-state index contributed by atoms with van der Waals surface area (Å²) in [7, 11) is 3.94. The van der Waals surface area contributed by atoms with E-state index in [1.807, 2.05) is 7.11 Å². The summed E-state index contributed by atoms with van der Waals surface area (Å²) >= 11 is 3.67. The Kier molecular flexibility index (Phi) is 5.50. The third-order valence-electron chi connectivity index (χ3n) is 5.22. The number of likely N-dealkylation sites (N-methyl/N-ethyl adjacent to an activating group) is 1. The molecule has 0 aromatic heterocycles. The Morgan fingerprint density at radius 3 is 2.33 bits per heavy atom. The summed E-state index contributed by atoms with van der Waals surface area (Å²) in [6.45, 7) is 4.74. The number of nitrogens with one attached hydrogen (secondary N) is 1. The fraction of sp³-hybridized carbons (Fsp3) is 0.667. The summed E-state index contributed by atoms with van der Waals surface area (Å²) in [5.41, 5.74) is 1.76. The van der Waals surface area contributed by atoms with Gasteiger partial charge in [-0.15, -0.1) is 0 Å². The topological polar surface area (TPSA) is 21.3 Å². The van der Waals surface area contributed by atoms with Crippen molar-refractivity contribution < 1.29 is 4.74 Å². The summed E-state index contributed by atoms with van der Waals surface area (Å²) < 4.78 is 7.25. The van der Waals surface area contributed by atoms with E-state index in [9.17, 15) is 0 Å². The first kappa shape index (κ1) is 17.0. The predicted molar refractivity (Wildman–Crippen MR) is 92.7 cm³/mol. The molecule has 1 unspecified atom stereocenters. The van der Waals surface area contributed by atoms with Crippen LogP contribution < -0.4 is 5.32 Å². The Bertz CT molecular complexity index is 462. The van der Waals surface area contributed by atoms with E-state index in [1.54, 1.807) is 0 Å². The van der Waals surface area contributed by atoms with Gasteiger partial charge in [-0.2, -0.15) is 0 Å². The van der Waals surface area contributed by atoms with E-state index in [1.165, 1.54) is 22.9 Å². The van der Waals surface area contributed by atoms with E-state index in [2.05, 4.69) is 66.4 Å². The molecule has 0 amide bonds. The molecule has 1 N–H and O–H groups in total. The van der Waals surface area contributed by atoms with Gasteiger partial charge in [-0.25, -0.2) is 0 Å². The Balaban J connectivity index is 2.17. The quantitative estimate of drug-likeness (QED) is 0.837. The van der Waals surface area contributed by atoms with Crippen LogP contribution in [0.5, 0.6) is 0 Å². The Morgan fingerprint density at radius 1 is 1.19 bits per heavy atom. The molecule has 0 bridgehead atoms. The molecule has 1 aromatic rings. The lowest BCUT2D eigenvalue weighted by Gasteiger charge is -2.47. The Hall–Kier alpha value is -0.380. The highest BCUT2D eigenvalue weighted by molar-refractivity contribution is 9.10. The number of rotatable bonds is 5. The number of benzene rings is 1. The van der Waals surface area contributed by atoms with Crippen molar-refractivity contribution in [3.63, 3.8) is 0 Å². The second-order valence-electron chi connectivity index (χ2n) is 7.07. The minimum absolute atomic E-state index is 0.0421. The van der Waals surface area contributed by atoms with Gasteiger partial charge in [0, 0.05) is 17.6 Å². The summed E-state index contributed by atoms with van der Waals surface area (Å²) in [4.78, 5) is 0. The first-order valence-electron chi connectivity index (χ1n) is 7.88. The second kappa shape index (κ2) is 6.80. The van der Waals surface area contributed by atoms with Crippen LogP contribution in [0, 0.1) is 5.41 Å². The van der Waals surface area contributed by atoms with Crippen molar-refractivity contribution in [2.45, 2.75) is 57.6 Å². The minimum atomic E-state index is -0.0421. The molecule has 118 valence electrons. The van der Waals surface area contributed by atoms with Crippen molar-refractivity contribution in [2.75, 3.05) is 14.2 Å². The Morgan fingerprint density at radius 2 is 1.81 bits per heavy atom. The van der Waals surface area contributed by atoms with Crippen LogP contribution in [-0.4, -0.2) is 25.8 Å². The molecular formula is C18H28BrNO. The lowest BCUT2D eigenvalue weighted by molar-refractivity contribution is -0.0847. The number of hydrogen-bond donors (Lipinski definition) is 1. The smallest absolute Gasteiger partial charge is 0.0834 e. The van der Waals surface area contributed by atoms with Crippen molar-refractivity contribution in [3.8, 4) is 0 Å². The zero-order valence-electron chi connectivity index (χ0n) is 13.7. The standard InChI is InChI=1S/C18H28BrNO/c1-17(2)9-11-18(21-4,12-10-17)16(20-3)13-14-7-5-6-8-15(14)19/h5-8,16,20H,9-13H2,1-4H3. The molecule has 0 aliphatic heterocycles. The fourth-order valence-electron chi connectivity index (χ4n) is 3.48. The number of hydrogen-bond acceptors (Lipinski definition) is 2. The lowest BCUT2D eigenvalue weighted by atomic mass is 9.67. The molecule has 1 atom stereocenters. The van der Waals surface area contributed by atoms with Gasteiger partial charge in [-0.3, -0.25) is 0 Å². The molecule has 3 heteroatoms. The fourth-order valence-corrected chi connectivity index (χ4v) is 3.93. The maximum absolute atomic E-state index is 6.06. The molecule has 1 saturated carbocycles. The van der Waals surface area contributed by atoms with Crippen LogP contribution in [0.3, 0.4) is 0 Å². The van der Waals surface area contributed by atoms with Crippen LogP contribution in [-0.2, 0) is 11.2 Å². The highest BCUT2D eigenvalue weighted by atomic mass is 79.9. The molecule has 2 rings (SSSR count). The normalized spacial score (nSPS) is 22.0. The van der Waals surface area contributed by atoms with Crippen molar-refractivity contribution >= 4 is 15.9 Å². The SMILES string of the molecule is CNC(Cc1ccccc1Br)C1(OC)CCC(C)(C)CC1. The van der Waals surface area contributed by atoms with Gasteiger partial charge in [0.1, 0.15) is 0 Å². The van der Waals surface area contributed by atoms with Gasteiger partial charge in [0.15, 0.2) is 0 Å². The molecule has 0 spiro atoms. The average molecular weight is 354 g/mol. The van der Waals surface area contributed by atoms with Gasteiger partial charge >= 0.3 is 0 Å². The van der Waals surface area contributed by atoms with Crippen molar-refractivity contribution in [2.24, 2.45) is 5.41 Å². The van der Waals surface area contributed by atoms with Gasteiger partial charge in [0.2, 0.25) is 0 Å². The van der Waals surface area contributed by atoms with Crippen LogP contribution in [0.2, 0.25) is 0 Å². The third kappa shape index (κ3) is 3.88. The molecule has 0 radical (unpaired) electrons. The molecule has 0 heterocycles. The van der Waals surface area contributed by atoms with E-state index >= 15 is 0 Å². The highest BCUT2D eigenvalue weighted by Crippen LogP contribution is 2.44. The minimum Gasteiger partial charge on any atom is -0.377 e. The second-order valence-corrected chi connectivity index (χ2v) is 7.92. The van der Waals surface area contributed by atoms with Gasteiger partial charge < -0.3 is 10.1 Å². The maximum atomic E-state index is 6.06. The first-order chi connectivity index (χ1) is 9.92. The number of ether oxygens (including phenoxy) is 1. The molecule has 1 fully saturated rings. The predicted octanol–water partition coefficient (Wildman–Crippen LogP) is 4.57. The van der Waals surface area contributed by atoms with E-state index < -0.39 is 0 Å². The van der Waals surface area contributed by atoms with Gasteiger partial charge in [-0.05, 0) is 56.2 Å². The van der Waals surface area contributed by atoms with E-state index in [0.717, 1.165) is 19.3 Å².